The standard InChI is InChI=1S/C47H35F3O4S/c48-47(49,50)35-4-1-5-37(26-35)55-42-9-3-7-39-44(42)46(52)38-6-2-8-40(43(38)45(39)51)54-36-24-22-33(23-25-36)31-16-14-29(15-17-31)28-10-12-30(13-11-28)32-18-20-34(21-19-32)41-27-53-41/h1-9,14-26,28,30,41H,10-13,27H2. The van der Waals surface area contributed by atoms with E-state index in [4.69, 9.17) is 9.47 Å². The fourth-order valence-electron chi connectivity index (χ4n) is 7.99. The number of epoxide rings is 1. The van der Waals surface area contributed by atoms with Gasteiger partial charge in [0, 0.05) is 26.5 Å². The van der Waals surface area contributed by atoms with E-state index in [-0.39, 0.29) is 39.6 Å². The van der Waals surface area contributed by atoms with E-state index >= 15 is 0 Å². The topological polar surface area (TPSA) is 55.9 Å². The van der Waals surface area contributed by atoms with Gasteiger partial charge in [0.2, 0.25) is 0 Å². The average Bonchev–Trinajstić information content (AvgIpc) is 4.06. The van der Waals surface area contributed by atoms with Crippen molar-refractivity contribution >= 4 is 23.3 Å². The molecule has 6 aromatic carbocycles. The van der Waals surface area contributed by atoms with E-state index in [1.807, 2.05) is 24.3 Å². The van der Waals surface area contributed by atoms with Gasteiger partial charge >= 0.3 is 6.18 Å². The number of ether oxygens (including phenoxy) is 2. The summed E-state index contributed by atoms with van der Waals surface area (Å²) in [5.74, 6) is 1.18. The second-order valence-electron chi connectivity index (χ2n) is 14.4. The van der Waals surface area contributed by atoms with Crippen molar-refractivity contribution in [3.8, 4) is 22.6 Å². The van der Waals surface area contributed by atoms with Gasteiger partial charge in [-0.25, -0.2) is 0 Å². The van der Waals surface area contributed by atoms with Gasteiger partial charge in [0.25, 0.3) is 0 Å². The number of hydrogen-bond acceptors (Lipinski definition) is 5. The zero-order valence-electron chi connectivity index (χ0n) is 29.6. The molecule has 274 valence electrons. The number of alkyl halides is 3. The van der Waals surface area contributed by atoms with Crippen molar-refractivity contribution in [1.29, 1.82) is 0 Å². The second kappa shape index (κ2) is 14.3. The first kappa shape index (κ1) is 35.3. The quantitative estimate of drug-likeness (QED) is 0.145. The molecule has 0 bridgehead atoms. The third-order valence-electron chi connectivity index (χ3n) is 11.0. The lowest BCUT2D eigenvalue weighted by molar-refractivity contribution is -0.137. The minimum atomic E-state index is -4.50. The van der Waals surface area contributed by atoms with Crippen molar-refractivity contribution in [3.63, 3.8) is 0 Å². The molecule has 3 aliphatic rings. The Hall–Kier alpha value is -5.44. The summed E-state index contributed by atoms with van der Waals surface area (Å²) >= 11 is 1.02. The van der Waals surface area contributed by atoms with Crippen molar-refractivity contribution in [2.45, 2.75) is 59.6 Å². The predicted octanol–water partition coefficient (Wildman–Crippen LogP) is 12.6. The summed E-state index contributed by atoms with van der Waals surface area (Å²) in [5.41, 5.74) is 6.15. The Kier molecular flexibility index (Phi) is 9.19. The van der Waals surface area contributed by atoms with Crippen LogP contribution in [0.5, 0.6) is 11.5 Å². The highest BCUT2D eigenvalue weighted by Crippen LogP contribution is 2.43. The Balaban J connectivity index is 0.872. The lowest BCUT2D eigenvalue weighted by Crippen LogP contribution is -2.22. The van der Waals surface area contributed by atoms with Crippen molar-refractivity contribution < 1.29 is 32.2 Å². The molecular weight excluding hydrogens is 718 g/mol. The third kappa shape index (κ3) is 7.12. The monoisotopic (exact) mass is 752 g/mol. The van der Waals surface area contributed by atoms with Crippen LogP contribution in [0.4, 0.5) is 13.2 Å². The number of carbonyl (C=O) groups is 2. The predicted molar refractivity (Wildman–Crippen MR) is 206 cm³/mol. The van der Waals surface area contributed by atoms with Gasteiger partial charge in [-0.05, 0) is 108 Å². The lowest BCUT2D eigenvalue weighted by atomic mass is 9.76. The molecular formula is C47H35F3O4S. The van der Waals surface area contributed by atoms with Crippen LogP contribution >= 0.6 is 11.8 Å². The Morgan fingerprint density at radius 2 is 1.13 bits per heavy atom. The molecule has 1 heterocycles. The highest BCUT2D eigenvalue weighted by Gasteiger charge is 2.35. The van der Waals surface area contributed by atoms with Crippen molar-refractivity contribution in [1.82, 2.24) is 0 Å². The number of halogens is 3. The highest BCUT2D eigenvalue weighted by atomic mass is 32.2. The lowest BCUT2D eigenvalue weighted by Gasteiger charge is -2.29. The molecule has 0 spiro atoms. The van der Waals surface area contributed by atoms with Crippen molar-refractivity contribution in [2.24, 2.45) is 0 Å². The summed E-state index contributed by atoms with van der Waals surface area (Å²) in [4.78, 5) is 28.6. The summed E-state index contributed by atoms with van der Waals surface area (Å²) < 4.78 is 51.8. The molecule has 6 aromatic rings. The normalized spacial score (nSPS) is 19.1. The van der Waals surface area contributed by atoms with Gasteiger partial charge in [-0.15, -0.1) is 0 Å². The highest BCUT2D eigenvalue weighted by molar-refractivity contribution is 7.99. The van der Waals surface area contributed by atoms with Gasteiger partial charge in [-0.1, -0.05) is 103 Å². The van der Waals surface area contributed by atoms with Gasteiger partial charge < -0.3 is 9.47 Å². The minimum absolute atomic E-state index is 0.163. The Morgan fingerprint density at radius 1 is 0.600 bits per heavy atom. The van der Waals surface area contributed by atoms with Crippen molar-refractivity contribution in [2.75, 3.05) is 6.61 Å². The maximum absolute atomic E-state index is 14.0. The van der Waals surface area contributed by atoms with Gasteiger partial charge in [0.1, 0.15) is 17.6 Å². The maximum Gasteiger partial charge on any atom is 0.416 e. The molecule has 0 aromatic heterocycles. The van der Waals surface area contributed by atoms with Crippen LogP contribution in [-0.2, 0) is 10.9 Å². The van der Waals surface area contributed by atoms with Crippen LogP contribution in [0.2, 0.25) is 0 Å². The number of hydrogen-bond donors (Lipinski definition) is 0. The molecule has 1 saturated heterocycles. The largest absolute Gasteiger partial charge is 0.457 e. The van der Waals surface area contributed by atoms with E-state index in [1.165, 1.54) is 48.4 Å². The minimum Gasteiger partial charge on any atom is -0.457 e. The Bertz CT molecular complexity index is 2410. The molecule has 1 atom stereocenters. The van der Waals surface area contributed by atoms with Crippen LogP contribution in [0.25, 0.3) is 11.1 Å². The Morgan fingerprint density at radius 3 is 1.75 bits per heavy atom. The smallest absolute Gasteiger partial charge is 0.416 e. The van der Waals surface area contributed by atoms with E-state index in [1.54, 1.807) is 42.5 Å². The molecule has 2 aliphatic carbocycles. The van der Waals surface area contributed by atoms with Crippen LogP contribution in [0.15, 0.2) is 143 Å². The second-order valence-corrected chi connectivity index (χ2v) is 15.5. The number of benzene rings is 6. The molecule has 0 amide bonds. The van der Waals surface area contributed by atoms with E-state index in [9.17, 15) is 22.8 Å². The van der Waals surface area contributed by atoms with Crippen molar-refractivity contribution in [3.05, 3.63) is 178 Å². The summed E-state index contributed by atoms with van der Waals surface area (Å²) in [6, 6.07) is 40.2. The third-order valence-corrected chi connectivity index (χ3v) is 12.1. The van der Waals surface area contributed by atoms with Crippen LogP contribution in [-0.4, -0.2) is 18.2 Å². The van der Waals surface area contributed by atoms with Gasteiger partial charge in [-0.2, -0.15) is 13.2 Å². The van der Waals surface area contributed by atoms with Gasteiger partial charge in [0.05, 0.1) is 17.7 Å². The van der Waals surface area contributed by atoms with Crippen LogP contribution in [0.3, 0.4) is 0 Å². The molecule has 4 nitrogen and oxygen atoms in total. The molecule has 1 aliphatic heterocycles. The van der Waals surface area contributed by atoms with Crippen LogP contribution in [0.1, 0.15) is 97.7 Å². The number of ketones is 2. The van der Waals surface area contributed by atoms with Gasteiger partial charge in [-0.3, -0.25) is 9.59 Å². The number of carbonyl (C=O) groups excluding carboxylic acids is 2. The van der Waals surface area contributed by atoms with Gasteiger partial charge in [0.15, 0.2) is 11.6 Å². The summed E-state index contributed by atoms with van der Waals surface area (Å²) in [7, 11) is 0. The number of rotatable bonds is 8. The average molecular weight is 753 g/mol. The van der Waals surface area contributed by atoms with Crippen LogP contribution in [0, 0.1) is 0 Å². The van der Waals surface area contributed by atoms with E-state index in [2.05, 4.69) is 48.5 Å². The Labute approximate surface area is 321 Å². The van der Waals surface area contributed by atoms with E-state index < -0.39 is 11.7 Å². The molecule has 1 saturated carbocycles. The molecule has 0 N–H and O–H groups in total. The molecule has 0 radical (unpaired) electrons. The fourth-order valence-corrected chi connectivity index (χ4v) is 9.02. The fraction of sp³-hybridized carbons (Fsp3) is 0.191. The van der Waals surface area contributed by atoms with Crippen LogP contribution < -0.4 is 4.74 Å². The maximum atomic E-state index is 14.0. The zero-order valence-corrected chi connectivity index (χ0v) is 30.5. The zero-order chi connectivity index (χ0) is 37.7. The molecule has 1 unspecified atom stereocenters. The summed E-state index contributed by atoms with van der Waals surface area (Å²) in [6.07, 6.45) is 0.522. The molecule has 2 fully saturated rings. The molecule has 8 heteroatoms. The first-order valence-corrected chi connectivity index (χ1v) is 19.3. The summed E-state index contributed by atoms with van der Waals surface area (Å²) in [6.45, 7) is 0.840. The number of fused-ring (bicyclic) bond motifs is 2. The van der Waals surface area contributed by atoms with E-state index in [0.717, 1.165) is 41.6 Å². The summed E-state index contributed by atoms with van der Waals surface area (Å²) in [5, 5.41) is 0. The van der Waals surface area contributed by atoms with E-state index in [0.29, 0.717) is 33.5 Å². The molecule has 9 rings (SSSR count). The first-order valence-electron chi connectivity index (χ1n) is 18.5. The molecule has 55 heavy (non-hydrogen) atoms. The SMILES string of the molecule is O=C1c2cccc(Sc3cccc(C(F)(F)F)c3)c2C(=O)c2cccc(Oc3ccc(-c4ccc(C5CCC(c6ccc(C7CO7)cc6)CC5)cc4)cc3)c21. The first-order chi connectivity index (χ1) is 26.7.